The monoisotopic (exact) mass is 287 g/mol. The Hall–Kier alpha value is -1.41. The smallest absolute Gasteiger partial charge is 0.307 e. The van der Waals surface area contributed by atoms with E-state index >= 15 is 0 Å². The fourth-order valence-electron chi connectivity index (χ4n) is 2.14. The molecule has 8 heteroatoms. The Morgan fingerprint density at radius 2 is 2.32 bits per heavy atom. The minimum absolute atomic E-state index is 0.0135. The van der Waals surface area contributed by atoms with Crippen LogP contribution in [0.4, 0.5) is 0 Å². The molecular weight excluding hydrogens is 270 g/mol. The number of aryl methyl sites for hydroxylation is 1. The first kappa shape index (κ1) is 14.0. The van der Waals surface area contributed by atoms with E-state index in [0.29, 0.717) is 25.9 Å². The van der Waals surface area contributed by atoms with Crippen molar-refractivity contribution < 1.29 is 18.3 Å². The van der Waals surface area contributed by atoms with E-state index in [0.717, 1.165) is 0 Å². The van der Waals surface area contributed by atoms with Crippen molar-refractivity contribution in [1.82, 2.24) is 13.9 Å². The van der Waals surface area contributed by atoms with E-state index in [1.54, 1.807) is 4.57 Å². The van der Waals surface area contributed by atoms with Crippen molar-refractivity contribution in [2.24, 2.45) is 5.92 Å². The second-order valence-corrected chi connectivity index (χ2v) is 6.47. The van der Waals surface area contributed by atoms with Crippen LogP contribution in [0.15, 0.2) is 17.6 Å². The lowest BCUT2D eigenvalue weighted by Gasteiger charge is -2.29. The van der Waals surface area contributed by atoms with E-state index in [1.807, 2.05) is 6.92 Å². The van der Waals surface area contributed by atoms with E-state index in [9.17, 15) is 13.2 Å². The van der Waals surface area contributed by atoms with Gasteiger partial charge in [0.1, 0.15) is 0 Å². The van der Waals surface area contributed by atoms with Gasteiger partial charge in [0.25, 0.3) is 10.0 Å². The third-order valence-corrected chi connectivity index (χ3v) is 5.06. The third-order valence-electron chi connectivity index (χ3n) is 3.31. The number of carboxylic acid groups (broad SMARTS) is 1. The summed E-state index contributed by atoms with van der Waals surface area (Å²) in [6.45, 7) is 2.90. The molecule has 1 fully saturated rings. The molecule has 0 amide bonds. The van der Waals surface area contributed by atoms with Gasteiger partial charge in [-0.2, -0.15) is 4.31 Å². The molecule has 0 aromatic carbocycles. The van der Waals surface area contributed by atoms with Crippen LogP contribution in [-0.4, -0.2) is 46.4 Å². The van der Waals surface area contributed by atoms with Gasteiger partial charge in [-0.05, 0) is 19.8 Å². The molecule has 0 bridgehead atoms. The van der Waals surface area contributed by atoms with Gasteiger partial charge in [0.2, 0.25) is 0 Å². The van der Waals surface area contributed by atoms with Crippen LogP contribution in [0.25, 0.3) is 0 Å². The molecule has 106 valence electrons. The fourth-order valence-corrected chi connectivity index (χ4v) is 3.60. The molecule has 1 aromatic heterocycles. The van der Waals surface area contributed by atoms with E-state index in [2.05, 4.69) is 4.98 Å². The number of nitrogens with zero attached hydrogens (tertiary/aromatic N) is 3. The Labute approximate surface area is 111 Å². The Morgan fingerprint density at radius 3 is 2.89 bits per heavy atom. The summed E-state index contributed by atoms with van der Waals surface area (Å²) in [6.07, 6.45) is 4.01. The maximum atomic E-state index is 12.3. The van der Waals surface area contributed by atoms with Gasteiger partial charge >= 0.3 is 5.97 Å². The molecular formula is C11H17N3O4S. The lowest BCUT2D eigenvalue weighted by atomic mass is 10.0. The summed E-state index contributed by atoms with van der Waals surface area (Å²) in [6, 6.07) is 0. The first-order valence-corrected chi connectivity index (χ1v) is 7.64. The van der Waals surface area contributed by atoms with Crippen molar-refractivity contribution in [3.8, 4) is 0 Å². The fraction of sp³-hybridized carbons (Fsp3) is 0.636. The van der Waals surface area contributed by atoms with Gasteiger partial charge in [0.15, 0.2) is 5.03 Å². The maximum Gasteiger partial charge on any atom is 0.307 e. The minimum Gasteiger partial charge on any atom is -0.481 e. The topological polar surface area (TPSA) is 92.5 Å². The number of aromatic nitrogens is 2. The Bertz CT molecular complexity index is 566. The average molecular weight is 287 g/mol. The number of hydrogen-bond donors (Lipinski definition) is 1. The number of imidazole rings is 1. The first-order chi connectivity index (χ1) is 8.95. The van der Waals surface area contributed by atoms with Crippen molar-refractivity contribution in [2.75, 3.05) is 13.1 Å². The highest BCUT2D eigenvalue weighted by atomic mass is 32.2. The Morgan fingerprint density at radius 1 is 1.58 bits per heavy atom. The van der Waals surface area contributed by atoms with Crippen molar-refractivity contribution in [3.63, 3.8) is 0 Å². The first-order valence-electron chi connectivity index (χ1n) is 6.20. The highest BCUT2D eigenvalue weighted by molar-refractivity contribution is 7.89. The van der Waals surface area contributed by atoms with Gasteiger partial charge in [-0.15, -0.1) is 0 Å². The summed E-state index contributed by atoms with van der Waals surface area (Å²) < 4.78 is 27.6. The summed E-state index contributed by atoms with van der Waals surface area (Å²) in [5.74, 6) is -1.57. The lowest BCUT2D eigenvalue weighted by molar-refractivity contribution is -0.142. The molecule has 19 heavy (non-hydrogen) atoms. The van der Waals surface area contributed by atoms with Crippen LogP contribution < -0.4 is 0 Å². The van der Waals surface area contributed by atoms with Crippen LogP contribution in [0.5, 0.6) is 0 Å². The Balaban J connectivity index is 2.21. The van der Waals surface area contributed by atoms with Crippen molar-refractivity contribution in [3.05, 3.63) is 12.5 Å². The third kappa shape index (κ3) is 2.79. The van der Waals surface area contributed by atoms with E-state index in [4.69, 9.17) is 5.11 Å². The van der Waals surface area contributed by atoms with Gasteiger partial charge < -0.3 is 9.67 Å². The van der Waals surface area contributed by atoms with Crippen LogP contribution in [0.2, 0.25) is 0 Å². The van der Waals surface area contributed by atoms with Gasteiger partial charge in [-0.3, -0.25) is 4.79 Å². The molecule has 0 saturated carbocycles. The summed E-state index contributed by atoms with van der Waals surface area (Å²) in [4.78, 5) is 14.9. The molecule has 7 nitrogen and oxygen atoms in total. The molecule has 1 N–H and O–H groups in total. The predicted octanol–water partition coefficient (Wildman–Crippen LogP) is 0.388. The number of piperidine rings is 1. The number of carbonyl (C=O) groups is 1. The standard InChI is InChI=1S/C11H17N3O4S/c1-2-13-7-10(12-8-13)19(17,18)14-5-3-4-9(6-14)11(15)16/h7-9H,2-6H2,1H3,(H,15,16)/t9-/m0/s1. The summed E-state index contributed by atoms with van der Waals surface area (Å²) in [5.41, 5.74) is 0. The van der Waals surface area contributed by atoms with Crippen molar-refractivity contribution in [1.29, 1.82) is 0 Å². The van der Waals surface area contributed by atoms with Crippen LogP contribution in [0.3, 0.4) is 0 Å². The van der Waals surface area contributed by atoms with E-state index < -0.39 is 21.9 Å². The van der Waals surface area contributed by atoms with E-state index in [-0.39, 0.29) is 11.6 Å². The minimum atomic E-state index is -3.68. The molecule has 2 heterocycles. The molecule has 0 unspecified atom stereocenters. The molecule has 0 radical (unpaired) electrons. The number of aliphatic carboxylic acids is 1. The molecule has 1 saturated heterocycles. The zero-order chi connectivity index (χ0) is 14.0. The second-order valence-electron chi connectivity index (χ2n) is 4.58. The van der Waals surface area contributed by atoms with Crippen LogP contribution in [-0.2, 0) is 21.4 Å². The number of rotatable bonds is 4. The van der Waals surface area contributed by atoms with Gasteiger partial charge in [0, 0.05) is 25.8 Å². The molecule has 0 spiro atoms. The lowest BCUT2D eigenvalue weighted by Crippen LogP contribution is -2.42. The second kappa shape index (κ2) is 5.30. The quantitative estimate of drug-likeness (QED) is 0.864. The maximum absolute atomic E-state index is 12.3. The highest BCUT2D eigenvalue weighted by Gasteiger charge is 2.34. The van der Waals surface area contributed by atoms with Crippen LogP contribution >= 0.6 is 0 Å². The van der Waals surface area contributed by atoms with Crippen molar-refractivity contribution >= 4 is 16.0 Å². The van der Waals surface area contributed by atoms with Crippen LogP contribution in [0.1, 0.15) is 19.8 Å². The molecule has 1 atom stereocenters. The molecule has 2 rings (SSSR count). The molecule has 1 aliphatic rings. The largest absolute Gasteiger partial charge is 0.481 e. The molecule has 0 aliphatic carbocycles. The summed E-state index contributed by atoms with van der Waals surface area (Å²) in [7, 11) is -3.68. The van der Waals surface area contributed by atoms with E-state index in [1.165, 1.54) is 16.8 Å². The highest BCUT2D eigenvalue weighted by Crippen LogP contribution is 2.22. The molecule has 1 aliphatic heterocycles. The number of sulfonamides is 1. The van der Waals surface area contributed by atoms with Crippen LogP contribution in [0, 0.1) is 5.92 Å². The average Bonchev–Trinajstić information content (AvgIpc) is 2.88. The Kier molecular flexibility index (Phi) is 3.91. The zero-order valence-electron chi connectivity index (χ0n) is 10.7. The van der Waals surface area contributed by atoms with Gasteiger partial charge in [0.05, 0.1) is 12.2 Å². The van der Waals surface area contributed by atoms with Gasteiger partial charge in [-0.1, -0.05) is 0 Å². The van der Waals surface area contributed by atoms with Gasteiger partial charge in [-0.25, -0.2) is 13.4 Å². The normalized spacial score (nSPS) is 21.4. The number of carboxylic acids is 1. The molecule has 1 aromatic rings. The zero-order valence-corrected chi connectivity index (χ0v) is 11.5. The SMILES string of the molecule is CCn1cnc(S(=O)(=O)N2CCC[C@H](C(=O)O)C2)c1. The van der Waals surface area contributed by atoms with Crippen molar-refractivity contribution in [2.45, 2.75) is 31.3 Å². The number of hydrogen-bond acceptors (Lipinski definition) is 4. The summed E-state index contributed by atoms with van der Waals surface area (Å²) >= 11 is 0. The predicted molar refractivity (Wildman–Crippen MR) is 67.0 cm³/mol. The summed E-state index contributed by atoms with van der Waals surface area (Å²) in [5, 5.41) is 8.98.